The molecule has 3 N–H and O–H groups in total. The molecule has 0 fully saturated rings. The van der Waals surface area contributed by atoms with Gasteiger partial charge in [-0.15, -0.1) is 11.8 Å². The average Bonchev–Trinajstić information content (AvgIpc) is 2.35. The van der Waals surface area contributed by atoms with Gasteiger partial charge in [0.1, 0.15) is 0 Å². The molecule has 0 aliphatic rings. The van der Waals surface area contributed by atoms with Gasteiger partial charge in [-0.2, -0.15) is 0 Å². The van der Waals surface area contributed by atoms with Crippen LogP contribution in [0.25, 0.3) is 0 Å². The van der Waals surface area contributed by atoms with Crippen molar-refractivity contribution in [3.8, 4) is 0 Å². The van der Waals surface area contributed by atoms with E-state index in [9.17, 15) is 5.11 Å². The summed E-state index contributed by atoms with van der Waals surface area (Å²) >= 11 is 1.71. The van der Waals surface area contributed by atoms with Crippen molar-refractivity contribution < 1.29 is 5.11 Å². The zero-order valence-corrected chi connectivity index (χ0v) is 11.7. The molecule has 0 saturated heterocycles. The van der Waals surface area contributed by atoms with Crippen LogP contribution in [0.1, 0.15) is 38.3 Å². The number of rotatable bonds is 6. The zero-order chi connectivity index (χ0) is 12.8. The van der Waals surface area contributed by atoms with Crippen LogP contribution < -0.4 is 5.73 Å². The number of nitrogens with two attached hydrogens (primary N) is 1. The van der Waals surface area contributed by atoms with Gasteiger partial charge >= 0.3 is 0 Å². The molecule has 1 aromatic carbocycles. The van der Waals surface area contributed by atoms with E-state index in [0.717, 1.165) is 18.4 Å². The molecule has 0 radical (unpaired) electrons. The first-order valence-corrected chi connectivity index (χ1v) is 7.34. The maximum absolute atomic E-state index is 10.0. The predicted molar refractivity (Wildman–Crippen MR) is 75.2 cm³/mol. The summed E-state index contributed by atoms with van der Waals surface area (Å²) in [5.74, 6) is 0.607. The molecular formula is C14H23NOS. The fourth-order valence-corrected chi connectivity index (χ4v) is 2.14. The Kier molecular flexibility index (Phi) is 6.03. The van der Waals surface area contributed by atoms with E-state index in [1.54, 1.807) is 11.8 Å². The smallest absolute Gasteiger partial charge is 0.0732 e. The lowest BCUT2D eigenvalue weighted by Gasteiger charge is -2.20. The molecule has 0 saturated carbocycles. The first kappa shape index (κ1) is 14.6. The molecular weight excluding hydrogens is 230 g/mol. The quantitative estimate of drug-likeness (QED) is 0.765. The molecule has 0 amide bonds. The van der Waals surface area contributed by atoms with E-state index >= 15 is 0 Å². The number of hydrogen-bond donors (Lipinski definition) is 2. The minimum atomic E-state index is -0.447. The van der Waals surface area contributed by atoms with Crippen LogP contribution in [0.15, 0.2) is 29.2 Å². The molecule has 96 valence electrons. The highest BCUT2D eigenvalue weighted by Gasteiger charge is 2.16. The van der Waals surface area contributed by atoms with Gasteiger partial charge in [0.15, 0.2) is 0 Å². The van der Waals surface area contributed by atoms with Crippen LogP contribution in [-0.2, 0) is 0 Å². The Balaban J connectivity index is 2.58. The largest absolute Gasteiger partial charge is 0.391 e. The van der Waals surface area contributed by atoms with Crippen molar-refractivity contribution in [3.63, 3.8) is 0 Å². The van der Waals surface area contributed by atoms with Crippen LogP contribution >= 0.6 is 11.8 Å². The van der Waals surface area contributed by atoms with Crippen LogP contribution in [0.3, 0.4) is 0 Å². The minimum absolute atomic E-state index is 0.273. The highest BCUT2D eigenvalue weighted by Crippen LogP contribution is 2.22. The van der Waals surface area contributed by atoms with E-state index < -0.39 is 6.10 Å². The van der Waals surface area contributed by atoms with Gasteiger partial charge in [0.2, 0.25) is 0 Å². The third kappa shape index (κ3) is 4.70. The maximum Gasteiger partial charge on any atom is 0.0732 e. The van der Waals surface area contributed by atoms with E-state index in [4.69, 9.17) is 5.73 Å². The van der Waals surface area contributed by atoms with Crippen molar-refractivity contribution in [2.75, 3.05) is 6.26 Å². The van der Waals surface area contributed by atoms with Crippen molar-refractivity contribution in [2.24, 2.45) is 11.7 Å². The lowest BCUT2D eigenvalue weighted by atomic mass is 9.96. The number of thioether (sulfide) groups is 1. The van der Waals surface area contributed by atoms with E-state index in [1.807, 2.05) is 18.4 Å². The monoisotopic (exact) mass is 253 g/mol. The van der Waals surface area contributed by atoms with Gasteiger partial charge in [-0.25, -0.2) is 0 Å². The first-order chi connectivity index (χ1) is 8.04. The lowest BCUT2D eigenvalue weighted by molar-refractivity contribution is 0.128. The molecule has 0 spiro atoms. The van der Waals surface area contributed by atoms with Gasteiger partial charge in [-0.1, -0.05) is 26.0 Å². The molecule has 0 aromatic heterocycles. The standard InChI is InChI=1S/C14H23NOS/c1-10(2)4-9-13(16)14(15)11-5-7-12(17-3)8-6-11/h5-8,10,13-14,16H,4,9,15H2,1-3H3/t13-,14+/m0/s1. The van der Waals surface area contributed by atoms with Gasteiger partial charge in [0.25, 0.3) is 0 Å². The summed E-state index contributed by atoms with van der Waals surface area (Å²) in [5.41, 5.74) is 7.07. The summed E-state index contributed by atoms with van der Waals surface area (Å²) in [7, 11) is 0. The Morgan fingerprint density at radius 3 is 2.24 bits per heavy atom. The Bertz CT molecular complexity index is 323. The van der Waals surface area contributed by atoms with E-state index in [0.29, 0.717) is 5.92 Å². The van der Waals surface area contributed by atoms with Gasteiger partial charge < -0.3 is 10.8 Å². The van der Waals surface area contributed by atoms with Crippen LogP contribution in [0.5, 0.6) is 0 Å². The Morgan fingerprint density at radius 2 is 1.76 bits per heavy atom. The minimum Gasteiger partial charge on any atom is -0.391 e. The zero-order valence-electron chi connectivity index (χ0n) is 10.9. The Morgan fingerprint density at radius 1 is 1.18 bits per heavy atom. The van der Waals surface area contributed by atoms with Crippen LogP contribution in [0.4, 0.5) is 0 Å². The topological polar surface area (TPSA) is 46.2 Å². The molecule has 0 aliphatic heterocycles. The molecule has 2 atom stereocenters. The van der Waals surface area contributed by atoms with E-state index in [2.05, 4.69) is 26.0 Å². The molecule has 0 unspecified atom stereocenters. The highest BCUT2D eigenvalue weighted by atomic mass is 32.2. The molecule has 0 bridgehead atoms. The first-order valence-electron chi connectivity index (χ1n) is 6.12. The second-order valence-electron chi connectivity index (χ2n) is 4.84. The molecule has 0 heterocycles. The number of hydrogen-bond acceptors (Lipinski definition) is 3. The summed E-state index contributed by atoms with van der Waals surface area (Å²) in [6.45, 7) is 4.32. The van der Waals surface area contributed by atoms with E-state index in [-0.39, 0.29) is 6.04 Å². The van der Waals surface area contributed by atoms with Gasteiger partial charge in [-0.05, 0) is 42.7 Å². The van der Waals surface area contributed by atoms with Crippen molar-refractivity contribution >= 4 is 11.8 Å². The van der Waals surface area contributed by atoms with Gasteiger partial charge in [-0.3, -0.25) is 0 Å². The molecule has 3 heteroatoms. The normalized spacial score (nSPS) is 14.9. The average molecular weight is 253 g/mol. The second-order valence-corrected chi connectivity index (χ2v) is 5.72. The molecule has 2 nitrogen and oxygen atoms in total. The van der Waals surface area contributed by atoms with Crippen molar-refractivity contribution in [1.82, 2.24) is 0 Å². The van der Waals surface area contributed by atoms with Crippen molar-refractivity contribution in [2.45, 2.75) is 43.7 Å². The number of benzene rings is 1. The number of aliphatic hydroxyl groups excluding tert-OH is 1. The number of aliphatic hydroxyl groups is 1. The summed E-state index contributed by atoms with van der Waals surface area (Å²) < 4.78 is 0. The third-order valence-corrected chi connectivity index (χ3v) is 3.70. The fourth-order valence-electron chi connectivity index (χ4n) is 1.73. The molecule has 0 aliphatic carbocycles. The lowest BCUT2D eigenvalue weighted by Crippen LogP contribution is -2.26. The maximum atomic E-state index is 10.0. The summed E-state index contributed by atoms with van der Waals surface area (Å²) in [6, 6.07) is 7.85. The van der Waals surface area contributed by atoms with Crippen LogP contribution in [0, 0.1) is 5.92 Å². The SMILES string of the molecule is CSc1ccc([C@@H](N)[C@@H](O)CCC(C)C)cc1. The molecule has 1 aromatic rings. The van der Waals surface area contributed by atoms with Crippen molar-refractivity contribution in [1.29, 1.82) is 0 Å². The third-order valence-electron chi connectivity index (χ3n) is 2.96. The fraction of sp³-hybridized carbons (Fsp3) is 0.571. The van der Waals surface area contributed by atoms with Crippen LogP contribution in [0.2, 0.25) is 0 Å². The van der Waals surface area contributed by atoms with E-state index in [1.165, 1.54) is 4.90 Å². The molecule has 1 rings (SSSR count). The summed E-state index contributed by atoms with van der Waals surface area (Å²) in [5, 5.41) is 10.0. The van der Waals surface area contributed by atoms with Gasteiger partial charge in [0.05, 0.1) is 12.1 Å². The van der Waals surface area contributed by atoms with Gasteiger partial charge in [0, 0.05) is 4.90 Å². The Labute approximate surface area is 109 Å². The predicted octanol–water partition coefficient (Wildman–Crippen LogP) is 3.21. The Hall–Kier alpha value is -0.510. The second kappa shape index (κ2) is 7.04. The van der Waals surface area contributed by atoms with Crippen LogP contribution in [-0.4, -0.2) is 17.5 Å². The molecule has 17 heavy (non-hydrogen) atoms. The van der Waals surface area contributed by atoms with Crippen molar-refractivity contribution in [3.05, 3.63) is 29.8 Å². The highest BCUT2D eigenvalue weighted by molar-refractivity contribution is 7.98. The summed E-state index contributed by atoms with van der Waals surface area (Å²) in [4.78, 5) is 1.22. The summed E-state index contributed by atoms with van der Waals surface area (Å²) in [6.07, 6.45) is 3.38.